The third kappa shape index (κ3) is 3.15. The van der Waals surface area contributed by atoms with Crippen LogP contribution in [0.4, 0.5) is 0 Å². The molecule has 0 aliphatic heterocycles. The van der Waals surface area contributed by atoms with E-state index in [1.807, 2.05) is 42.6 Å². The number of rotatable bonds is 5. The van der Waals surface area contributed by atoms with Crippen LogP contribution >= 0.6 is 11.3 Å². The summed E-state index contributed by atoms with van der Waals surface area (Å²) in [6.07, 6.45) is 0.103. The predicted octanol–water partition coefficient (Wildman–Crippen LogP) is 3.67. The lowest BCUT2D eigenvalue weighted by molar-refractivity contribution is -0.137. The number of thiophene rings is 1. The van der Waals surface area contributed by atoms with Gasteiger partial charge in [0.1, 0.15) is 5.75 Å². The molecular weight excluding hydrogens is 260 g/mol. The molecule has 1 aromatic heterocycles. The molecule has 19 heavy (non-hydrogen) atoms. The Kier molecular flexibility index (Phi) is 4.22. The molecule has 0 saturated heterocycles. The Hall–Kier alpha value is -1.81. The summed E-state index contributed by atoms with van der Waals surface area (Å²) in [5.74, 6) is -0.0574. The van der Waals surface area contributed by atoms with Gasteiger partial charge in [-0.1, -0.05) is 18.2 Å². The fourth-order valence-electron chi connectivity index (χ4n) is 2.17. The summed E-state index contributed by atoms with van der Waals surface area (Å²) < 4.78 is 5.24. The first-order valence-electron chi connectivity index (χ1n) is 6.01. The third-order valence-corrected chi connectivity index (χ3v) is 4.07. The van der Waals surface area contributed by atoms with E-state index >= 15 is 0 Å². The predicted molar refractivity (Wildman–Crippen MR) is 76.1 cm³/mol. The van der Waals surface area contributed by atoms with Crippen LogP contribution in [0, 0.1) is 6.92 Å². The van der Waals surface area contributed by atoms with Crippen LogP contribution in [0.2, 0.25) is 0 Å². The molecule has 0 bridgehead atoms. The lowest BCUT2D eigenvalue weighted by Gasteiger charge is -2.15. The highest BCUT2D eigenvalue weighted by Crippen LogP contribution is 2.33. The molecule has 3 nitrogen and oxygen atoms in total. The van der Waals surface area contributed by atoms with Crippen molar-refractivity contribution in [2.24, 2.45) is 0 Å². The average molecular weight is 276 g/mol. The molecule has 1 N–H and O–H groups in total. The largest absolute Gasteiger partial charge is 0.496 e. The van der Waals surface area contributed by atoms with Gasteiger partial charge in [0, 0.05) is 10.8 Å². The molecular formula is C15H16O3S. The first-order chi connectivity index (χ1) is 9.11. The summed E-state index contributed by atoms with van der Waals surface area (Å²) in [6.45, 7) is 1.97. The average Bonchev–Trinajstić information content (AvgIpc) is 2.89. The quantitative estimate of drug-likeness (QED) is 0.906. The van der Waals surface area contributed by atoms with Gasteiger partial charge < -0.3 is 9.84 Å². The summed E-state index contributed by atoms with van der Waals surface area (Å²) in [5.41, 5.74) is 2.04. The van der Waals surface area contributed by atoms with Crippen molar-refractivity contribution in [3.8, 4) is 5.75 Å². The van der Waals surface area contributed by atoms with Crippen molar-refractivity contribution in [2.75, 3.05) is 7.11 Å². The van der Waals surface area contributed by atoms with Gasteiger partial charge >= 0.3 is 5.97 Å². The van der Waals surface area contributed by atoms with Crippen LogP contribution in [-0.4, -0.2) is 18.2 Å². The normalized spacial score (nSPS) is 12.1. The lowest BCUT2D eigenvalue weighted by Crippen LogP contribution is -2.07. The number of hydrogen-bond acceptors (Lipinski definition) is 3. The van der Waals surface area contributed by atoms with Gasteiger partial charge in [0.25, 0.3) is 0 Å². The third-order valence-electron chi connectivity index (χ3n) is 3.09. The summed E-state index contributed by atoms with van der Waals surface area (Å²) in [6, 6.07) is 9.78. The van der Waals surface area contributed by atoms with Crippen LogP contribution in [0.3, 0.4) is 0 Å². The van der Waals surface area contributed by atoms with Gasteiger partial charge in [0.2, 0.25) is 0 Å². The van der Waals surface area contributed by atoms with Crippen molar-refractivity contribution in [3.63, 3.8) is 0 Å². The molecule has 1 atom stereocenters. The Morgan fingerprint density at radius 3 is 2.74 bits per heavy atom. The van der Waals surface area contributed by atoms with Gasteiger partial charge in [-0.15, -0.1) is 11.3 Å². The minimum Gasteiger partial charge on any atom is -0.496 e. The van der Waals surface area contributed by atoms with Gasteiger partial charge in [0.15, 0.2) is 0 Å². The minimum absolute atomic E-state index is 0.0953. The van der Waals surface area contributed by atoms with Crippen LogP contribution in [0.5, 0.6) is 5.75 Å². The molecule has 4 heteroatoms. The zero-order chi connectivity index (χ0) is 13.8. The number of ether oxygens (including phenoxy) is 1. The van der Waals surface area contributed by atoms with Crippen molar-refractivity contribution < 1.29 is 14.6 Å². The molecule has 1 aromatic carbocycles. The van der Waals surface area contributed by atoms with Crippen molar-refractivity contribution >= 4 is 17.3 Å². The molecule has 0 fully saturated rings. The summed E-state index contributed by atoms with van der Waals surface area (Å²) in [5, 5.41) is 11.1. The topological polar surface area (TPSA) is 46.5 Å². The van der Waals surface area contributed by atoms with Gasteiger partial charge in [-0.05, 0) is 35.6 Å². The fraction of sp³-hybridized carbons (Fsp3) is 0.267. The van der Waals surface area contributed by atoms with Crippen LogP contribution in [-0.2, 0) is 4.79 Å². The summed E-state index contributed by atoms with van der Waals surface area (Å²) in [4.78, 5) is 12.1. The second-order valence-electron chi connectivity index (χ2n) is 4.39. The molecule has 0 spiro atoms. The van der Waals surface area contributed by atoms with Gasteiger partial charge in [-0.2, -0.15) is 0 Å². The van der Waals surface area contributed by atoms with Crippen molar-refractivity contribution in [3.05, 3.63) is 51.7 Å². The number of carbonyl (C=O) groups is 1. The Bertz CT molecular complexity index is 561. The molecule has 0 aliphatic rings. The highest BCUT2D eigenvalue weighted by molar-refractivity contribution is 7.10. The molecule has 0 aliphatic carbocycles. The second-order valence-corrected chi connectivity index (χ2v) is 5.37. The number of methoxy groups -OCH3 is 1. The molecule has 2 aromatic rings. The van der Waals surface area contributed by atoms with Gasteiger partial charge in [-0.3, -0.25) is 4.79 Å². The molecule has 0 saturated carbocycles. The maximum absolute atomic E-state index is 11.1. The monoisotopic (exact) mass is 276 g/mol. The number of carboxylic acid groups (broad SMARTS) is 1. The second kappa shape index (κ2) is 5.89. The van der Waals surface area contributed by atoms with Crippen molar-refractivity contribution in [2.45, 2.75) is 19.3 Å². The highest BCUT2D eigenvalue weighted by Gasteiger charge is 2.19. The number of hydrogen-bond donors (Lipinski definition) is 1. The van der Waals surface area contributed by atoms with Crippen LogP contribution in [0.1, 0.15) is 28.3 Å². The molecule has 0 radical (unpaired) electrons. The minimum atomic E-state index is -0.785. The van der Waals surface area contributed by atoms with E-state index in [0.717, 1.165) is 21.8 Å². The van der Waals surface area contributed by atoms with E-state index in [-0.39, 0.29) is 12.3 Å². The van der Waals surface area contributed by atoms with E-state index in [2.05, 4.69) is 0 Å². The van der Waals surface area contributed by atoms with Crippen molar-refractivity contribution in [1.29, 1.82) is 0 Å². The Balaban J connectivity index is 2.38. The number of aryl methyl sites for hydroxylation is 1. The lowest BCUT2D eigenvalue weighted by atomic mass is 9.93. The molecule has 0 amide bonds. The highest BCUT2D eigenvalue weighted by atomic mass is 32.1. The zero-order valence-electron chi connectivity index (χ0n) is 10.9. The van der Waals surface area contributed by atoms with Crippen LogP contribution in [0.15, 0.2) is 35.7 Å². The fourth-order valence-corrected chi connectivity index (χ4v) is 3.02. The van der Waals surface area contributed by atoms with E-state index in [0.29, 0.717) is 0 Å². The number of carboxylic acids is 1. The van der Waals surface area contributed by atoms with E-state index in [9.17, 15) is 4.79 Å². The maximum Gasteiger partial charge on any atom is 0.304 e. The summed E-state index contributed by atoms with van der Waals surface area (Å²) >= 11 is 1.59. The van der Waals surface area contributed by atoms with Gasteiger partial charge in [-0.25, -0.2) is 0 Å². The Morgan fingerprint density at radius 2 is 2.21 bits per heavy atom. The molecule has 1 heterocycles. The Morgan fingerprint density at radius 1 is 1.42 bits per heavy atom. The van der Waals surface area contributed by atoms with Crippen molar-refractivity contribution in [1.82, 2.24) is 0 Å². The first-order valence-corrected chi connectivity index (χ1v) is 6.89. The first kappa shape index (κ1) is 13.6. The van der Waals surface area contributed by atoms with Crippen LogP contribution in [0.25, 0.3) is 0 Å². The molecule has 100 valence electrons. The SMILES string of the molecule is COc1ccc(C(CC(=O)O)c2cccs2)cc1C. The van der Waals surface area contributed by atoms with E-state index in [1.165, 1.54) is 0 Å². The van der Waals surface area contributed by atoms with Crippen LogP contribution < -0.4 is 4.74 Å². The van der Waals surface area contributed by atoms with E-state index < -0.39 is 5.97 Å². The Labute approximate surface area is 116 Å². The van der Waals surface area contributed by atoms with E-state index in [4.69, 9.17) is 9.84 Å². The van der Waals surface area contributed by atoms with E-state index in [1.54, 1.807) is 18.4 Å². The number of benzene rings is 1. The zero-order valence-corrected chi connectivity index (χ0v) is 11.7. The standard InChI is InChI=1S/C15H16O3S/c1-10-8-11(5-6-13(10)18-2)12(9-15(16)17)14-4-3-7-19-14/h3-8,12H,9H2,1-2H3,(H,16,17). The van der Waals surface area contributed by atoms with Gasteiger partial charge in [0.05, 0.1) is 13.5 Å². The maximum atomic E-state index is 11.1. The number of aliphatic carboxylic acids is 1. The molecule has 1 unspecified atom stereocenters. The summed E-state index contributed by atoms with van der Waals surface area (Å²) in [7, 11) is 1.63. The molecule has 2 rings (SSSR count). The smallest absolute Gasteiger partial charge is 0.304 e.